The van der Waals surface area contributed by atoms with Crippen LogP contribution in [0.4, 0.5) is 11.4 Å². The molecule has 1 aliphatic rings. The Morgan fingerprint density at radius 2 is 1.73 bits per heavy atom. The summed E-state index contributed by atoms with van der Waals surface area (Å²) in [6.07, 6.45) is 0. The Balaban J connectivity index is 1.44. The third-order valence-corrected chi connectivity index (χ3v) is 6.02. The van der Waals surface area contributed by atoms with Gasteiger partial charge in [0.1, 0.15) is 17.0 Å². The molecule has 0 saturated carbocycles. The smallest absolute Gasteiger partial charge is 0.328 e. The van der Waals surface area contributed by atoms with Gasteiger partial charge in [-0.15, -0.1) is 0 Å². The number of hydrogen-bond acceptors (Lipinski definition) is 6. The second kappa shape index (κ2) is 9.92. The number of hydrogen-bond donors (Lipinski definition) is 3. The quantitative estimate of drug-likeness (QED) is 0.317. The standard InChI is InChI=1S/C25H18Cl2N4O6/c1-35-20-4-2-3-13-9-18(23(32)29-17-7-5-14(26)10-16(17)27)31(22(13)20)30-25(34)24(33)28-15-6-8-19-21(11-15)37-12-36-19/h2-11H,12H2,1H3,(H,28,33)(H,29,32)(H,30,34). The van der Waals surface area contributed by atoms with Gasteiger partial charge in [-0.25, -0.2) is 4.68 Å². The number of rotatable bonds is 5. The Kier molecular flexibility index (Phi) is 6.51. The minimum Gasteiger partial charge on any atom is -0.494 e. The van der Waals surface area contributed by atoms with E-state index in [2.05, 4.69) is 16.1 Å². The molecule has 4 aromatic rings. The summed E-state index contributed by atoms with van der Waals surface area (Å²) in [4.78, 5) is 38.9. The lowest BCUT2D eigenvalue weighted by molar-refractivity contribution is -0.133. The molecule has 3 aromatic carbocycles. The van der Waals surface area contributed by atoms with Gasteiger partial charge in [0.05, 0.1) is 17.8 Å². The summed E-state index contributed by atoms with van der Waals surface area (Å²) in [5.41, 5.74) is 3.53. The van der Waals surface area contributed by atoms with Crippen LogP contribution in [-0.2, 0) is 9.59 Å². The molecule has 1 aromatic heterocycles. The number of amides is 3. The highest BCUT2D eigenvalue weighted by Crippen LogP contribution is 2.34. The van der Waals surface area contributed by atoms with Crippen LogP contribution in [0.25, 0.3) is 10.9 Å². The topological polar surface area (TPSA) is 120 Å². The average molecular weight is 541 g/mol. The van der Waals surface area contributed by atoms with E-state index in [1.807, 2.05) is 0 Å². The van der Waals surface area contributed by atoms with Crippen molar-refractivity contribution in [1.29, 1.82) is 0 Å². The zero-order chi connectivity index (χ0) is 26.1. The maximum Gasteiger partial charge on any atom is 0.328 e. The van der Waals surface area contributed by atoms with Crippen molar-refractivity contribution in [1.82, 2.24) is 4.68 Å². The molecule has 0 fully saturated rings. The SMILES string of the molecule is COc1cccc2cc(C(=O)Nc3ccc(Cl)cc3Cl)n(NC(=O)C(=O)Nc3ccc4c(c3)OCO4)c12. The molecule has 1 aliphatic heterocycles. The number of carbonyl (C=O) groups excluding carboxylic acids is 3. The van der Waals surface area contributed by atoms with Gasteiger partial charge < -0.3 is 24.8 Å². The van der Waals surface area contributed by atoms with Crippen molar-refractivity contribution >= 4 is 63.2 Å². The van der Waals surface area contributed by atoms with Crippen LogP contribution in [0.2, 0.25) is 10.0 Å². The monoisotopic (exact) mass is 540 g/mol. The first-order valence-corrected chi connectivity index (χ1v) is 11.6. The van der Waals surface area contributed by atoms with Gasteiger partial charge >= 0.3 is 11.8 Å². The highest BCUT2D eigenvalue weighted by molar-refractivity contribution is 6.42. The first-order chi connectivity index (χ1) is 17.8. The number of carbonyl (C=O) groups is 3. The van der Waals surface area contributed by atoms with Gasteiger partial charge in [-0.05, 0) is 42.5 Å². The molecule has 0 unspecified atom stereocenters. The second-order valence-corrected chi connectivity index (χ2v) is 8.65. The number of benzene rings is 3. The van der Waals surface area contributed by atoms with E-state index in [4.69, 9.17) is 37.4 Å². The number of nitrogens with zero attached hydrogens (tertiary/aromatic N) is 1. The minimum absolute atomic E-state index is 0.0229. The minimum atomic E-state index is -1.03. The number of methoxy groups -OCH3 is 1. The summed E-state index contributed by atoms with van der Waals surface area (Å²) in [6, 6.07) is 16.0. The van der Waals surface area contributed by atoms with Gasteiger partial charge in [0.2, 0.25) is 6.79 Å². The molecule has 5 rings (SSSR count). The Bertz CT molecular complexity index is 1570. The molecule has 3 amide bonds. The number of nitrogens with one attached hydrogen (secondary N) is 3. The number of ether oxygens (including phenoxy) is 3. The van der Waals surface area contributed by atoms with Gasteiger partial charge in [0.25, 0.3) is 5.91 Å². The van der Waals surface area contributed by atoms with Crippen LogP contribution in [-0.4, -0.2) is 36.3 Å². The number of fused-ring (bicyclic) bond motifs is 2. The van der Waals surface area contributed by atoms with E-state index < -0.39 is 17.7 Å². The summed E-state index contributed by atoms with van der Waals surface area (Å²) in [5, 5.41) is 6.41. The Hall–Kier alpha value is -4.41. The van der Waals surface area contributed by atoms with Gasteiger partial charge in [0, 0.05) is 22.2 Å². The van der Waals surface area contributed by atoms with Crippen molar-refractivity contribution in [3.05, 3.63) is 76.4 Å². The summed E-state index contributed by atoms with van der Waals surface area (Å²) in [6.45, 7) is 0.0713. The molecule has 37 heavy (non-hydrogen) atoms. The molecule has 0 saturated heterocycles. The van der Waals surface area contributed by atoms with E-state index in [1.54, 1.807) is 48.5 Å². The van der Waals surface area contributed by atoms with Crippen molar-refractivity contribution in [3.8, 4) is 17.2 Å². The lowest BCUT2D eigenvalue weighted by Crippen LogP contribution is -2.36. The molecule has 0 spiro atoms. The zero-order valence-corrected chi connectivity index (χ0v) is 20.6. The molecule has 10 nitrogen and oxygen atoms in total. The Morgan fingerprint density at radius 3 is 2.51 bits per heavy atom. The summed E-state index contributed by atoms with van der Waals surface area (Å²) < 4.78 is 17.2. The van der Waals surface area contributed by atoms with Gasteiger partial charge in [0.15, 0.2) is 11.5 Å². The molecule has 2 heterocycles. The Labute approximate surface area is 220 Å². The number of halogens is 2. The molecule has 0 atom stereocenters. The number of aromatic nitrogens is 1. The molecule has 0 radical (unpaired) electrons. The van der Waals surface area contributed by atoms with E-state index in [0.717, 1.165) is 0 Å². The van der Waals surface area contributed by atoms with Crippen molar-refractivity contribution in [2.24, 2.45) is 0 Å². The van der Waals surface area contributed by atoms with Gasteiger partial charge in [-0.2, -0.15) is 0 Å². The molecular weight excluding hydrogens is 523 g/mol. The lowest BCUT2D eigenvalue weighted by atomic mass is 10.2. The largest absolute Gasteiger partial charge is 0.494 e. The fraction of sp³-hybridized carbons (Fsp3) is 0.0800. The van der Waals surface area contributed by atoms with Crippen LogP contribution < -0.4 is 30.3 Å². The van der Waals surface area contributed by atoms with Crippen molar-refractivity contribution in [2.75, 3.05) is 30.0 Å². The van der Waals surface area contributed by atoms with Crippen LogP contribution in [0.15, 0.2) is 60.7 Å². The third-order valence-electron chi connectivity index (χ3n) is 5.47. The van der Waals surface area contributed by atoms with Crippen LogP contribution >= 0.6 is 23.2 Å². The van der Waals surface area contributed by atoms with E-state index in [0.29, 0.717) is 44.5 Å². The predicted octanol–water partition coefficient (Wildman–Crippen LogP) is 4.65. The predicted molar refractivity (Wildman–Crippen MR) is 138 cm³/mol. The highest BCUT2D eigenvalue weighted by Gasteiger charge is 2.24. The van der Waals surface area contributed by atoms with Crippen molar-refractivity contribution in [3.63, 3.8) is 0 Å². The fourth-order valence-electron chi connectivity index (χ4n) is 3.77. The zero-order valence-electron chi connectivity index (χ0n) is 19.1. The molecule has 0 bridgehead atoms. The lowest BCUT2D eigenvalue weighted by Gasteiger charge is -2.14. The molecule has 12 heteroatoms. The summed E-state index contributed by atoms with van der Waals surface area (Å²) in [5.74, 6) is -1.25. The van der Waals surface area contributed by atoms with E-state index in [9.17, 15) is 14.4 Å². The van der Waals surface area contributed by atoms with Crippen LogP contribution in [0.5, 0.6) is 17.2 Å². The van der Waals surface area contributed by atoms with Crippen LogP contribution in [0, 0.1) is 0 Å². The first kappa shape index (κ1) is 24.3. The van der Waals surface area contributed by atoms with Crippen molar-refractivity contribution < 1.29 is 28.6 Å². The molecule has 3 N–H and O–H groups in total. The van der Waals surface area contributed by atoms with E-state index in [1.165, 1.54) is 23.9 Å². The van der Waals surface area contributed by atoms with Gasteiger partial charge in [-0.3, -0.25) is 19.8 Å². The highest BCUT2D eigenvalue weighted by atomic mass is 35.5. The summed E-state index contributed by atoms with van der Waals surface area (Å²) >= 11 is 12.1. The molecule has 188 valence electrons. The second-order valence-electron chi connectivity index (χ2n) is 7.80. The maximum absolute atomic E-state index is 13.3. The third kappa shape index (κ3) is 4.84. The number of anilines is 2. The van der Waals surface area contributed by atoms with Crippen LogP contribution in [0.1, 0.15) is 10.5 Å². The fourth-order valence-corrected chi connectivity index (χ4v) is 4.22. The van der Waals surface area contributed by atoms with Crippen molar-refractivity contribution in [2.45, 2.75) is 0 Å². The van der Waals surface area contributed by atoms with Crippen LogP contribution in [0.3, 0.4) is 0 Å². The van der Waals surface area contributed by atoms with Gasteiger partial charge in [-0.1, -0.05) is 35.3 Å². The molecular formula is C25H18Cl2N4O6. The number of para-hydroxylation sites is 1. The van der Waals surface area contributed by atoms with E-state index >= 15 is 0 Å². The summed E-state index contributed by atoms with van der Waals surface area (Å²) in [7, 11) is 1.45. The normalized spacial score (nSPS) is 11.8. The molecule has 0 aliphatic carbocycles. The average Bonchev–Trinajstić information content (AvgIpc) is 3.50. The Morgan fingerprint density at radius 1 is 0.919 bits per heavy atom. The first-order valence-electron chi connectivity index (χ1n) is 10.8. The maximum atomic E-state index is 13.3. The van der Waals surface area contributed by atoms with E-state index in [-0.39, 0.29) is 17.5 Å².